The van der Waals surface area contributed by atoms with Crippen molar-refractivity contribution in [2.75, 3.05) is 31.6 Å². The Morgan fingerprint density at radius 3 is 2.79 bits per heavy atom. The number of H-pyrrole nitrogens is 1. The summed E-state index contributed by atoms with van der Waals surface area (Å²) in [7, 11) is 1.72. The van der Waals surface area contributed by atoms with E-state index in [1.807, 2.05) is 0 Å². The van der Waals surface area contributed by atoms with E-state index in [4.69, 9.17) is 4.74 Å². The molecular formula is C22H28N4O2. The average Bonchev–Trinajstić information content (AvgIpc) is 2.73. The van der Waals surface area contributed by atoms with Gasteiger partial charge >= 0.3 is 0 Å². The summed E-state index contributed by atoms with van der Waals surface area (Å²) in [4.78, 5) is 23.9. The van der Waals surface area contributed by atoms with Crippen LogP contribution in [0.3, 0.4) is 0 Å². The van der Waals surface area contributed by atoms with Gasteiger partial charge in [0, 0.05) is 37.8 Å². The van der Waals surface area contributed by atoms with Crippen molar-refractivity contribution in [3.05, 3.63) is 52.6 Å². The van der Waals surface area contributed by atoms with E-state index in [0.717, 1.165) is 31.2 Å². The van der Waals surface area contributed by atoms with Gasteiger partial charge in [-0.15, -0.1) is 0 Å². The molecular weight excluding hydrogens is 352 g/mol. The second-order valence-corrected chi connectivity index (χ2v) is 8.52. The molecule has 148 valence electrons. The zero-order valence-corrected chi connectivity index (χ0v) is 16.4. The fraction of sp³-hybridized carbons (Fsp3) is 0.545. The van der Waals surface area contributed by atoms with Crippen LogP contribution >= 0.6 is 0 Å². The predicted octanol–water partition coefficient (Wildman–Crippen LogP) is 2.83. The Morgan fingerprint density at radius 1 is 1.14 bits per heavy atom. The van der Waals surface area contributed by atoms with Crippen LogP contribution in [0, 0.1) is 11.8 Å². The Morgan fingerprint density at radius 2 is 2.00 bits per heavy atom. The number of nitrogens with one attached hydrogen (secondary N) is 1. The van der Waals surface area contributed by atoms with E-state index < -0.39 is 0 Å². The van der Waals surface area contributed by atoms with Gasteiger partial charge in [0.2, 0.25) is 0 Å². The summed E-state index contributed by atoms with van der Waals surface area (Å²) in [5.74, 6) is 3.03. The highest BCUT2D eigenvalue weighted by Crippen LogP contribution is 2.44. The van der Waals surface area contributed by atoms with Crippen LogP contribution in [-0.2, 0) is 0 Å². The largest absolute Gasteiger partial charge is 0.497 e. The van der Waals surface area contributed by atoms with Crippen molar-refractivity contribution < 1.29 is 4.74 Å². The lowest BCUT2D eigenvalue weighted by Gasteiger charge is -2.55. The zero-order valence-electron chi connectivity index (χ0n) is 16.4. The van der Waals surface area contributed by atoms with E-state index in [1.54, 1.807) is 13.2 Å². The molecule has 0 amide bonds. The SMILES string of the molecule is COc1ccc([C@H]2CCC[C@H]3[C@@H]4C[C@@H](CN(c5cc(=O)[nH]cn5)C4)CN23)cc1. The summed E-state index contributed by atoms with van der Waals surface area (Å²) in [6.07, 6.45) is 6.62. The lowest BCUT2D eigenvalue weighted by Crippen LogP contribution is -2.59. The second-order valence-electron chi connectivity index (χ2n) is 8.52. The highest BCUT2D eigenvalue weighted by atomic mass is 16.5. The summed E-state index contributed by atoms with van der Waals surface area (Å²) in [6, 6.07) is 11.4. The monoisotopic (exact) mass is 380 g/mol. The lowest BCUT2D eigenvalue weighted by atomic mass is 9.74. The van der Waals surface area contributed by atoms with Gasteiger partial charge in [0.1, 0.15) is 11.6 Å². The van der Waals surface area contributed by atoms with Gasteiger partial charge in [0.05, 0.1) is 13.4 Å². The van der Waals surface area contributed by atoms with E-state index in [-0.39, 0.29) is 5.56 Å². The van der Waals surface area contributed by atoms with Crippen LogP contribution in [-0.4, -0.2) is 47.7 Å². The van der Waals surface area contributed by atoms with Gasteiger partial charge in [0.25, 0.3) is 5.56 Å². The van der Waals surface area contributed by atoms with Crippen LogP contribution in [0.5, 0.6) is 5.75 Å². The number of ether oxygens (including phenoxy) is 1. The third kappa shape index (κ3) is 3.20. The molecule has 0 saturated carbocycles. The highest BCUT2D eigenvalue weighted by molar-refractivity contribution is 5.38. The molecule has 3 fully saturated rings. The molecule has 3 saturated heterocycles. The topological polar surface area (TPSA) is 61.5 Å². The normalized spacial score (nSPS) is 30.0. The molecule has 3 aliphatic rings. The molecule has 6 heteroatoms. The molecule has 4 atom stereocenters. The summed E-state index contributed by atoms with van der Waals surface area (Å²) >= 11 is 0. The van der Waals surface area contributed by atoms with E-state index in [2.05, 4.69) is 44.0 Å². The minimum absolute atomic E-state index is 0.0698. The Hall–Kier alpha value is -2.34. The van der Waals surface area contributed by atoms with Gasteiger partial charge in [-0.3, -0.25) is 9.69 Å². The Bertz CT molecular complexity index is 881. The van der Waals surface area contributed by atoms with Crippen LogP contribution in [0.25, 0.3) is 0 Å². The Labute approximate surface area is 165 Å². The molecule has 2 bridgehead atoms. The van der Waals surface area contributed by atoms with Crippen LogP contribution in [0.4, 0.5) is 5.82 Å². The number of hydrogen-bond acceptors (Lipinski definition) is 5. The molecule has 0 radical (unpaired) electrons. The first-order valence-corrected chi connectivity index (χ1v) is 10.4. The third-order valence-corrected chi connectivity index (χ3v) is 6.87. The van der Waals surface area contributed by atoms with Crippen LogP contribution < -0.4 is 15.2 Å². The number of hydrogen-bond donors (Lipinski definition) is 1. The first-order chi connectivity index (χ1) is 13.7. The first-order valence-electron chi connectivity index (χ1n) is 10.4. The van der Waals surface area contributed by atoms with Gasteiger partial charge < -0.3 is 14.6 Å². The van der Waals surface area contributed by atoms with Gasteiger partial charge in [-0.1, -0.05) is 12.1 Å². The fourth-order valence-corrected chi connectivity index (χ4v) is 5.71. The summed E-state index contributed by atoms with van der Waals surface area (Å²) in [5.41, 5.74) is 1.35. The second kappa shape index (κ2) is 7.24. The molecule has 28 heavy (non-hydrogen) atoms. The van der Waals surface area contributed by atoms with Crippen molar-refractivity contribution in [1.29, 1.82) is 0 Å². The number of aromatic nitrogens is 2. The summed E-state index contributed by atoms with van der Waals surface area (Å²) in [5, 5.41) is 0. The van der Waals surface area contributed by atoms with E-state index in [0.29, 0.717) is 23.9 Å². The van der Waals surface area contributed by atoms with Gasteiger partial charge in [-0.05, 0) is 55.2 Å². The van der Waals surface area contributed by atoms with Crippen LogP contribution in [0.15, 0.2) is 41.5 Å². The van der Waals surface area contributed by atoms with Gasteiger partial charge in [-0.2, -0.15) is 0 Å². The van der Waals surface area contributed by atoms with E-state index >= 15 is 0 Å². The van der Waals surface area contributed by atoms with Crippen molar-refractivity contribution in [2.45, 2.75) is 37.8 Å². The molecule has 0 unspecified atom stereocenters. The van der Waals surface area contributed by atoms with E-state index in [9.17, 15) is 4.79 Å². The predicted molar refractivity (Wildman–Crippen MR) is 109 cm³/mol. The number of fused-ring (bicyclic) bond motifs is 4. The zero-order chi connectivity index (χ0) is 19.1. The fourth-order valence-electron chi connectivity index (χ4n) is 5.71. The van der Waals surface area contributed by atoms with Crippen molar-refractivity contribution in [3.63, 3.8) is 0 Å². The number of anilines is 1. The average molecular weight is 380 g/mol. The standard InChI is InChI=1S/C22H28N4O2/c1-28-18-7-5-16(6-8-18)19-3-2-4-20-17-9-15(12-26(19)20)11-25(13-17)21-10-22(27)24-14-23-21/h5-8,10,14-15,17,19-20H,2-4,9,11-13H2,1H3,(H,23,24,27)/t15-,17+,19+,20-/m0/s1. The lowest BCUT2D eigenvalue weighted by molar-refractivity contribution is -0.0201. The number of benzene rings is 1. The summed E-state index contributed by atoms with van der Waals surface area (Å²) < 4.78 is 5.34. The maximum atomic E-state index is 11.7. The number of methoxy groups -OCH3 is 1. The number of rotatable bonds is 3. The minimum atomic E-state index is -0.0698. The molecule has 2 aromatic rings. The molecule has 6 nitrogen and oxygen atoms in total. The van der Waals surface area contributed by atoms with E-state index in [1.165, 1.54) is 37.6 Å². The van der Waals surface area contributed by atoms with Crippen molar-refractivity contribution in [2.24, 2.45) is 11.8 Å². The molecule has 1 aromatic heterocycles. The van der Waals surface area contributed by atoms with Crippen molar-refractivity contribution in [1.82, 2.24) is 14.9 Å². The number of aromatic amines is 1. The third-order valence-electron chi connectivity index (χ3n) is 6.87. The summed E-state index contributed by atoms with van der Waals surface area (Å²) in [6.45, 7) is 3.13. The molecule has 5 rings (SSSR count). The Kier molecular flexibility index (Phi) is 4.59. The van der Waals surface area contributed by atoms with Gasteiger partial charge in [0.15, 0.2) is 0 Å². The van der Waals surface area contributed by atoms with Crippen LogP contribution in [0.2, 0.25) is 0 Å². The molecule has 0 aliphatic carbocycles. The molecule has 4 heterocycles. The van der Waals surface area contributed by atoms with Crippen molar-refractivity contribution in [3.8, 4) is 5.75 Å². The maximum absolute atomic E-state index is 11.7. The van der Waals surface area contributed by atoms with Crippen molar-refractivity contribution >= 4 is 5.82 Å². The highest BCUT2D eigenvalue weighted by Gasteiger charge is 2.45. The first kappa shape index (κ1) is 17.7. The Balaban J connectivity index is 1.37. The van der Waals surface area contributed by atoms with Gasteiger partial charge in [-0.25, -0.2) is 4.98 Å². The molecule has 0 spiro atoms. The quantitative estimate of drug-likeness (QED) is 0.887. The number of nitrogens with zero attached hydrogens (tertiary/aromatic N) is 3. The number of piperidine rings is 3. The smallest absolute Gasteiger partial charge is 0.252 e. The minimum Gasteiger partial charge on any atom is -0.497 e. The van der Waals surface area contributed by atoms with Crippen LogP contribution in [0.1, 0.15) is 37.3 Å². The maximum Gasteiger partial charge on any atom is 0.252 e. The molecule has 1 N–H and O–H groups in total. The molecule has 3 aliphatic heterocycles. The molecule has 1 aromatic carbocycles.